The molecule has 2 N–H and O–H groups in total. The highest BCUT2D eigenvalue weighted by atomic mass is 16.5. The second-order valence-electron chi connectivity index (χ2n) is 4.46. The number of benzene rings is 2. The number of hydrogen-bond acceptors (Lipinski definition) is 2. The van der Waals surface area contributed by atoms with Gasteiger partial charge in [-0.15, -0.1) is 0 Å². The Labute approximate surface area is 108 Å². The highest BCUT2D eigenvalue weighted by Gasteiger charge is 2.01. The fourth-order valence-electron chi connectivity index (χ4n) is 1.80. The molecule has 1 unspecified atom stereocenters. The van der Waals surface area contributed by atoms with E-state index in [2.05, 4.69) is 19.1 Å². The molecule has 0 amide bonds. The molecule has 0 aliphatic carbocycles. The summed E-state index contributed by atoms with van der Waals surface area (Å²) in [5, 5.41) is 0. The maximum atomic E-state index is 5.81. The van der Waals surface area contributed by atoms with E-state index in [0.29, 0.717) is 0 Å². The first-order valence-electron chi connectivity index (χ1n) is 6.31. The summed E-state index contributed by atoms with van der Waals surface area (Å²) in [5.74, 6) is 1.72. The summed E-state index contributed by atoms with van der Waals surface area (Å²) >= 11 is 0. The Kier molecular flexibility index (Phi) is 4.00. The Morgan fingerprint density at radius 1 is 1.06 bits per heavy atom. The SMILES string of the molecule is CCc1cccc(Oc2ccc(C(C)N)cc2)c1. The molecule has 0 heterocycles. The lowest BCUT2D eigenvalue weighted by molar-refractivity contribution is 0.481. The van der Waals surface area contributed by atoms with Crippen molar-refractivity contribution in [1.29, 1.82) is 0 Å². The molecule has 94 valence electrons. The molecular formula is C16H19NO. The minimum absolute atomic E-state index is 0.0578. The van der Waals surface area contributed by atoms with Crippen molar-refractivity contribution in [3.8, 4) is 11.5 Å². The minimum atomic E-state index is 0.0578. The van der Waals surface area contributed by atoms with Gasteiger partial charge in [0.25, 0.3) is 0 Å². The van der Waals surface area contributed by atoms with Crippen molar-refractivity contribution in [1.82, 2.24) is 0 Å². The summed E-state index contributed by atoms with van der Waals surface area (Å²) in [7, 11) is 0. The first-order chi connectivity index (χ1) is 8.69. The lowest BCUT2D eigenvalue weighted by atomic mass is 10.1. The number of hydrogen-bond donors (Lipinski definition) is 1. The van der Waals surface area contributed by atoms with Gasteiger partial charge in [-0.05, 0) is 48.7 Å². The van der Waals surface area contributed by atoms with Gasteiger partial charge in [-0.25, -0.2) is 0 Å². The van der Waals surface area contributed by atoms with Crippen LogP contribution in [0.3, 0.4) is 0 Å². The molecule has 0 saturated heterocycles. The lowest BCUT2D eigenvalue weighted by Gasteiger charge is -2.09. The van der Waals surface area contributed by atoms with Gasteiger partial charge in [0.15, 0.2) is 0 Å². The van der Waals surface area contributed by atoms with Crippen LogP contribution >= 0.6 is 0 Å². The van der Waals surface area contributed by atoms with Crippen LogP contribution in [0.1, 0.15) is 31.0 Å². The maximum absolute atomic E-state index is 5.81. The Morgan fingerprint density at radius 2 is 1.78 bits per heavy atom. The second kappa shape index (κ2) is 5.69. The van der Waals surface area contributed by atoms with Crippen molar-refractivity contribution in [2.75, 3.05) is 0 Å². The largest absolute Gasteiger partial charge is 0.457 e. The molecule has 2 heteroatoms. The quantitative estimate of drug-likeness (QED) is 0.876. The molecule has 0 aliphatic heterocycles. The van der Waals surface area contributed by atoms with Crippen LogP contribution in [-0.2, 0) is 6.42 Å². The summed E-state index contributed by atoms with van der Waals surface area (Å²) < 4.78 is 5.81. The molecule has 0 aromatic heterocycles. The highest BCUT2D eigenvalue weighted by molar-refractivity contribution is 5.35. The van der Waals surface area contributed by atoms with Gasteiger partial charge in [-0.2, -0.15) is 0 Å². The van der Waals surface area contributed by atoms with Crippen molar-refractivity contribution in [2.24, 2.45) is 5.73 Å². The molecule has 0 saturated carbocycles. The fourth-order valence-corrected chi connectivity index (χ4v) is 1.80. The lowest BCUT2D eigenvalue weighted by Crippen LogP contribution is -2.04. The second-order valence-corrected chi connectivity index (χ2v) is 4.46. The third kappa shape index (κ3) is 3.11. The van der Waals surface area contributed by atoms with Gasteiger partial charge in [0.1, 0.15) is 11.5 Å². The number of ether oxygens (including phenoxy) is 1. The Balaban J connectivity index is 2.13. The molecule has 2 rings (SSSR count). The molecule has 1 atom stereocenters. The highest BCUT2D eigenvalue weighted by Crippen LogP contribution is 2.23. The van der Waals surface area contributed by atoms with E-state index in [0.717, 1.165) is 23.5 Å². The van der Waals surface area contributed by atoms with Crippen LogP contribution in [0, 0.1) is 0 Å². The summed E-state index contributed by atoms with van der Waals surface area (Å²) in [4.78, 5) is 0. The monoisotopic (exact) mass is 241 g/mol. The molecule has 0 aliphatic rings. The van der Waals surface area contributed by atoms with Crippen molar-refractivity contribution in [3.05, 3.63) is 59.7 Å². The van der Waals surface area contributed by atoms with Crippen molar-refractivity contribution in [2.45, 2.75) is 26.3 Å². The first-order valence-corrected chi connectivity index (χ1v) is 6.31. The van der Waals surface area contributed by atoms with E-state index in [1.165, 1.54) is 5.56 Å². The van der Waals surface area contributed by atoms with E-state index in [4.69, 9.17) is 10.5 Å². The zero-order valence-electron chi connectivity index (χ0n) is 10.9. The van der Waals surface area contributed by atoms with Gasteiger partial charge in [0.05, 0.1) is 0 Å². The van der Waals surface area contributed by atoms with Crippen LogP contribution in [0.5, 0.6) is 11.5 Å². The predicted octanol–water partition coefficient (Wildman–Crippen LogP) is 4.06. The molecule has 2 aromatic rings. The summed E-state index contributed by atoms with van der Waals surface area (Å²) in [6, 6.07) is 16.1. The van der Waals surface area contributed by atoms with E-state index in [-0.39, 0.29) is 6.04 Å². The van der Waals surface area contributed by atoms with Gasteiger partial charge in [0.2, 0.25) is 0 Å². The minimum Gasteiger partial charge on any atom is -0.457 e. The molecule has 0 bridgehead atoms. The van der Waals surface area contributed by atoms with Crippen LogP contribution in [0.25, 0.3) is 0 Å². The third-order valence-corrected chi connectivity index (χ3v) is 2.95. The zero-order valence-corrected chi connectivity index (χ0v) is 10.9. The third-order valence-electron chi connectivity index (χ3n) is 2.95. The predicted molar refractivity (Wildman–Crippen MR) is 74.9 cm³/mol. The number of nitrogens with two attached hydrogens (primary N) is 1. The normalized spacial score (nSPS) is 12.2. The van der Waals surface area contributed by atoms with Crippen LogP contribution < -0.4 is 10.5 Å². The standard InChI is InChI=1S/C16H19NO/c1-3-13-5-4-6-16(11-13)18-15-9-7-14(8-10-15)12(2)17/h4-12H,3,17H2,1-2H3. The Hall–Kier alpha value is -1.80. The molecule has 2 nitrogen and oxygen atoms in total. The molecule has 0 radical (unpaired) electrons. The molecule has 18 heavy (non-hydrogen) atoms. The van der Waals surface area contributed by atoms with Gasteiger partial charge >= 0.3 is 0 Å². The van der Waals surface area contributed by atoms with E-state index in [9.17, 15) is 0 Å². The van der Waals surface area contributed by atoms with Gasteiger partial charge in [0, 0.05) is 6.04 Å². The van der Waals surface area contributed by atoms with E-state index < -0.39 is 0 Å². The smallest absolute Gasteiger partial charge is 0.127 e. The van der Waals surface area contributed by atoms with E-state index in [1.807, 2.05) is 43.3 Å². The van der Waals surface area contributed by atoms with Crippen LogP contribution in [-0.4, -0.2) is 0 Å². The summed E-state index contributed by atoms with van der Waals surface area (Å²) in [5.41, 5.74) is 8.21. The van der Waals surface area contributed by atoms with Gasteiger partial charge < -0.3 is 10.5 Å². The Bertz CT molecular complexity index is 503. The fraction of sp³-hybridized carbons (Fsp3) is 0.250. The molecular weight excluding hydrogens is 222 g/mol. The average molecular weight is 241 g/mol. The average Bonchev–Trinajstić information content (AvgIpc) is 2.39. The van der Waals surface area contributed by atoms with E-state index in [1.54, 1.807) is 0 Å². The van der Waals surface area contributed by atoms with Crippen LogP contribution in [0.15, 0.2) is 48.5 Å². The topological polar surface area (TPSA) is 35.2 Å². The van der Waals surface area contributed by atoms with Gasteiger partial charge in [-0.3, -0.25) is 0 Å². The zero-order chi connectivity index (χ0) is 13.0. The van der Waals surface area contributed by atoms with Crippen molar-refractivity contribution in [3.63, 3.8) is 0 Å². The van der Waals surface area contributed by atoms with E-state index >= 15 is 0 Å². The number of rotatable bonds is 4. The van der Waals surface area contributed by atoms with Crippen LogP contribution in [0.4, 0.5) is 0 Å². The maximum Gasteiger partial charge on any atom is 0.127 e. The van der Waals surface area contributed by atoms with Crippen LogP contribution in [0.2, 0.25) is 0 Å². The number of aryl methyl sites for hydroxylation is 1. The van der Waals surface area contributed by atoms with Crippen molar-refractivity contribution >= 4 is 0 Å². The van der Waals surface area contributed by atoms with Gasteiger partial charge in [-0.1, -0.05) is 31.2 Å². The first kappa shape index (κ1) is 12.7. The van der Waals surface area contributed by atoms with Crippen molar-refractivity contribution < 1.29 is 4.74 Å². The summed E-state index contributed by atoms with van der Waals surface area (Å²) in [6.45, 7) is 4.11. The molecule has 0 spiro atoms. The Morgan fingerprint density at radius 3 is 2.39 bits per heavy atom. The summed E-state index contributed by atoms with van der Waals surface area (Å²) in [6.07, 6.45) is 1.01. The molecule has 2 aromatic carbocycles. The molecule has 0 fully saturated rings.